The fraction of sp³-hybridized carbons (Fsp3) is 0.269. The first-order chi connectivity index (χ1) is 16.9. The van der Waals surface area contributed by atoms with E-state index in [0.717, 1.165) is 33.2 Å². The van der Waals surface area contributed by atoms with Crippen molar-refractivity contribution in [1.29, 1.82) is 0 Å². The second kappa shape index (κ2) is 10.7. The van der Waals surface area contributed by atoms with Crippen molar-refractivity contribution in [3.63, 3.8) is 0 Å². The number of carbonyl (C=O) groups is 1. The molecule has 0 aliphatic carbocycles. The lowest BCUT2D eigenvalue weighted by Gasteiger charge is -2.13. The van der Waals surface area contributed by atoms with Gasteiger partial charge in [-0.2, -0.15) is 0 Å². The molecular weight excluding hydrogens is 467 g/mol. The van der Waals surface area contributed by atoms with E-state index in [9.17, 15) is 9.18 Å². The lowest BCUT2D eigenvalue weighted by molar-refractivity contribution is -0.134. The Morgan fingerprint density at radius 2 is 1.97 bits per heavy atom. The van der Waals surface area contributed by atoms with E-state index < -0.39 is 5.97 Å². The zero-order valence-corrected chi connectivity index (χ0v) is 20.6. The van der Waals surface area contributed by atoms with Gasteiger partial charge in [0.05, 0.1) is 18.0 Å². The number of aliphatic carboxylic acids is 1. The molecule has 0 fully saturated rings. The van der Waals surface area contributed by atoms with Crippen molar-refractivity contribution in [2.24, 2.45) is 0 Å². The number of halogens is 1. The highest BCUT2D eigenvalue weighted by Crippen LogP contribution is 2.34. The van der Waals surface area contributed by atoms with Gasteiger partial charge in [-0.15, -0.1) is 11.3 Å². The van der Waals surface area contributed by atoms with E-state index in [1.165, 1.54) is 11.2 Å². The van der Waals surface area contributed by atoms with Crippen molar-refractivity contribution in [3.05, 3.63) is 64.5 Å². The van der Waals surface area contributed by atoms with E-state index in [4.69, 9.17) is 9.84 Å². The second-order valence-corrected chi connectivity index (χ2v) is 9.32. The summed E-state index contributed by atoms with van der Waals surface area (Å²) in [4.78, 5) is 20.8. The molecule has 4 rings (SSSR count). The van der Waals surface area contributed by atoms with E-state index >= 15 is 0 Å². The highest BCUT2D eigenvalue weighted by molar-refractivity contribution is 7.19. The molecule has 0 atom stereocenters. The number of aromatic nitrogens is 2. The first-order valence-corrected chi connectivity index (χ1v) is 12.1. The summed E-state index contributed by atoms with van der Waals surface area (Å²) in [6, 6.07) is 10.5. The number of rotatable bonds is 10. The van der Waals surface area contributed by atoms with Gasteiger partial charge < -0.3 is 20.5 Å². The highest BCUT2D eigenvalue weighted by atomic mass is 32.1. The molecule has 0 spiro atoms. The summed E-state index contributed by atoms with van der Waals surface area (Å²) in [6.07, 6.45) is 2.24. The first-order valence-electron chi connectivity index (χ1n) is 11.3. The number of anilines is 2. The van der Waals surface area contributed by atoms with E-state index in [1.54, 1.807) is 29.5 Å². The maximum Gasteiger partial charge on any atom is 0.322 e. The average molecular weight is 495 g/mol. The maximum atomic E-state index is 14.0. The van der Waals surface area contributed by atoms with E-state index in [0.29, 0.717) is 36.1 Å². The van der Waals surface area contributed by atoms with Crippen LogP contribution >= 0.6 is 11.3 Å². The quantitative estimate of drug-likeness (QED) is 0.262. The summed E-state index contributed by atoms with van der Waals surface area (Å²) < 4.78 is 20.8. The van der Waals surface area contributed by atoms with Gasteiger partial charge in [0.15, 0.2) is 0 Å². The Balaban J connectivity index is 1.49. The topological polar surface area (TPSA) is 96.4 Å². The van der Waals surface area contributed by atoms with Gasteiger partial charge in [-0.05, 0) is 68.0 Å². The molecule has 0 unspecified atom stereocenters. The van der Waals surface area contributed by atoms with Gasteiger partial charge >= 0.3 is 5.97 Å². The van der Waals surface area contributed by atoms with Gasteiger partial charge in [-0.3, -0.25) is 4.79 Å². The van der Waals surface area contributed by atoms with Crippen molar-refractivity contribution < 1.29 is 19.0 Å². The number of fused-ring (bicyclic) bond motifs is 1. The zero-order valence-electron chi connectivity index (χ0n) is 19.8. The molecule has 0 bridgehead atoms. The van der Waals surface area contributed by atoms with Crippen LogP contribution in [0.25, 0.3) is 21.3 Å². The molecule has 0 saturated carbocycles. The number of nitrogens with zero attached hydrogens (tertiary/aromatic N) is 2. The van der Waals surface area contributed by atoms with Crippen LogP contribution < -0.4 is 15.4 Å². The molecule has 2 aromatic carbocycles. The normalized spacial score (nSPS) is 11.0. The van der Waals surface area contributed by atoms with Gasteiger partial charge in [0.25, 0.3) is 0 Å². The summed E-state index contributed by atoms with van der Waals surface area (Å²) in [5.41, 5.74) is 4.26. The molecule has 0 amide bonds. The number of nitrogens with one attached hydrogen (secondary N) is 2. The maximum absolute atomic E-state index is 14.0. The minimum atomic E-state index is -0.950. The third kappa shape index (κ3) is 5.68. The molecule has 3 N–H and O–H groups in total. The standard InChI is InChI=1S/C26H27FN4O3S/c1-4-34-23-10-17(5-6-21(23)29-13-25(32)33)22-12-24(31-14-30-22)28-8-7-19-16(3)35-26-15(2)9-18(27)11-20(19)26/h5-6,9-12,14,29H,4,7-8,13H2,1-3H3,(H,32,33)(H,28,30,31). The lowest BCUT2D eigenvalue weighted by Crippen LogP contribution is -2.13. The van der Waals surface area contributed by atoms with Crippen LogP contribution in [0.2, 0.25) is 0 Å². The second-order valence-electron chi connectivity index (χ2n) is 8.09. The Kier molecular flexibility index (Phi) is 7.45. The SMILES string of the molecule is CCOc1cc(-c2cc(NCCc3c(C)sc4c(C)cc(F)cc34)ncn2)ccc1NCC(=O)O. The van der Waals surface area contributed by atoms with Crippen LogP contribution in [0, 0.1) is 19.7 Å². The molecule has 182 valence electrons. The summed E-state index contributed by atoms with van der Waals surface area (Å²) >= 11 is 1.70. The van der Waals surface area contributed by atoms with Crippen molar-refractivity contribution in [1.82, 2.24) is 9.97 Å². The number of carboxylic acids is 1. The van der Waals surface area contributed by atoms with Crippen LogP contribution in [0.4, 0.5) is 15.9 Å². The molecule has 2 aromatic heterocycles. The monoisotopic (exact) mass is 494 g/mol. The van der Waals surface area contributed by atoms with Crippen LogP contribution in [-0.2, 0) is 11.2 Å². The van der Waals surface area contributed by atoms with Crippen LogP contribution in [0.3, 0.4) is 0 Å². The Morgan fingerprint density at radius 3 is 2.74 bits per heavy atom. The van der Waals surface area contributed by atoms with Crippen LogP contribution in [0.1, 0.15) is 22.9 Å². The lowest BCUT2D eigenvalue weighted by atomic mass is 10.1. The third-order valence-electron chi connectivity index (χ3n) is 5.60. The van der Waals surface area contributed by atoms with E-state index in [-0.39, 0.29) is 12.4 Å². The Hall–Kier alpha value is -3.72. The molecule has 2 heterocycles. The van der Waals surface area contributed by atoms with Crippen molar-refractivity contribution >= 4 is 38.9 Å². The van der Waals surface area contributed by atoms with Crippen molar-refractivity contribution in [3.8, 4) is 17.0 Å². The Morgan fingerprint density at radius 1 is 1.14 bits per heavy atom. The number of thiophene rings is 1. The minimum absolute atomic E-state index is 0.202. The number of hydrogen-bond acceptors (Lipinski definition) is 7. The Labute approximate surface area is 207 Å². The smallest absolute Gasteiger partial charge is 0.322 e. The number of hydrogen-bond donors (Lipinski definition) is 3. The molecule has 35 heavy (non-hydrogen) atoms. The fourth-order valence-corrected chi connectivity index (χ4v) is 5.16. The molecular formula is C26H27FN4O3S. The van der Waals surface area contributed by atoms with Crippen molar-refractivity contribution in [2.75, 3.05) is 30.3 Å². The molecule has 7 nitrogen and oxygen atoms in total. The predicted octanol–water partition coefficient (Wildman–Crippen LogP) is 5.66. The average Bonchev–Trinajstić information content (AvgIpc) is 3.14. The summed E-state index contributed by atoms with van der Waals surface area (Å²) in [5, 5.41) is 16.1. The summed E-state index contributed by atoms with van der Waals surface area (Å²) in [6.45, 7) is 6.77. The highest BCUT2D eigenvalue weighted by Gasteiger charge is 2.13. The zero-order chi connectivity index (χ0) is 24.9. The summed E-state index contributed by atoms with van der Waals surface area (Å²) in [5.74, 6) is 0.0781. The van der Waals surface area contributed by atoms with Gasteiger partial charge in [-0.1, -0.05) is 6.07 Å². The summed E-state index contributed by atoms with van der Waals surface area (Å²) in [7, 11) is 0. The van der Waals surface area contributed by atoms with Crippen molar-refractivity contribution in [2.45, 2.75) is 27.2 Å². The molecule has 9 heteroatoms. The molecule has 0 radical (unpaired) electrons. The molecule has 4 aromatic rings. The third-order valence-corrected chi connectivity index (χ3v) is 6.90. The van der Waals surface area contributed by atoms with Gasteiger partial charge in [0, 0.05) is 27.8 Å². The minimum Gasteiger partial charge on any atom is -0.492 e. The van der Waals surface area contributed by atoms with Crippen LogP contribution in [0.15, 0.2) is 42.7 Å². The van der Waals surface area contributed by atoms with Crippen LogP contribution in [-0.4, -0.2) is 40.7 Å². The van der Waals surface area contributed by atoms with Gasteiger partial charge in [-0.25, -0.2) is 14.4 Å². The van der Waals surface area contributed by atoms with E-state index in [2.05, 4.69) is 27.5 Å². The number of carboxylic acid groups (broad SMARTS) is 1. The first kappa shape index (κ1) is 24.4. The molecule has 0 saturated heterocycles. The molecule has 0 aliphatic rings. The number of ether oxygens (including phenoxy) is 1. The number of aryl methyl sites for hydroxylation is 2. The number of benzene rings is 2. The molecule has 0 aliphatic heterocycles. The fourth-order valence-electron chi connectivity index (χ4n) is 4.01. The van der Waals surface area contributed by atoms with E-state index in [1.807, 2.05) is 32.0 Å². The van der Waals surface area contributed by atoms with Crippen LogP contribution in [0.5, 0.6) is 5.75 Å². The van der Waals surface area contributed by atoms with Gasteiger partial charge in [0.1, 0.15) is 30.3 Å². The Bertz CT molecular complexity index is 1370. The predicted molar refractivity (Wildman–Crippen MR) is 138 cm³/mol. The largest absolute Gasteiger partial charge is 0.492 e. The van der Waals surface area contributed by atoms with Gasteiger partial charge in [0.2, 0.25) is 0 Å².